The van der Waals surface area contributed by atoms with Crippen molar-refractivity contribution in [1.29, 1.82) is 0 Å². The molecule has 0 spiro atoms. The van der Waals surface area contributed by atoms with Gasteiger partial charge in [0, 0.05) is 6.07 Å². The highest BCUT2D eigenvalue weighted by Gasteiger charge is 2.37. The number of H-pyrrole nitrogens is 1. The number of aromatic nitrogens is 3. The Bertz CT molecular complexity index is 1060. The molecule has 0 saturated heterocycles. The lowest BCUT2D eigenvalue weighted by Gasteiger charge is -2.27. The van der Waals surface area contributed by atoms with E-state index in [4.69, 9.17) is 9.47 Å². The predicted octanol–water partition coefficient (Wildman–Crippen LogP) is 3.91. The molecular formula is C21H23N3O4. The quantitative estimate of drug-likeness (QED) is 0.699. The molecule has 28 heavy (non-hydrogen) atoms. The van der Waals surface area contributed by atoms with Crippen LogP contribution in [0.25, 0.3) is 5.69 Å². The fourth-order valence-electron chi connectivity index (χ4n) is 3.76. The molecule has 0 unspecified atom stereocenters. The molecule has 1 aromatic carbocycles. The van der Waals surface area contributed by atoms with E-state index in [9.17, 15) is 9.90 Å². The summed E-state index contributed by atoms with van der Waals surface area (Å²) in [5, 5.41) is 10.0. The Labute approximate surface area is 162 Å². The van der Waals surface area contributed by atoms with E-state index in [2.05, 4.69) is 23.8 Å². The zero-order chi connectivity index (χ0) is 19.9. The fourth-order valence-corrected chi connectivity index (χ4v) is 3.76. The van der Waals surface area contributed by atoms with E-state index in [0.29, 0.717) is 29.6 Å². The Balaban J connectivity index is 1.60. The molecule has 1 aliphatic rings. The minimum atomic E-state index is -0.417. The number of ether oxygens (including phenoxy) is 2. The Morgan fingerprint density at radius 3 is 2.68 bits per heavy atom. The van der Waals surface area contributed by atoms with Crippen molar-refractivity contribution in [2.75, 3.05) is 0 Å². The largest absolute Gasteiger partial charge is 0.493 e. The van der Waals surface area contributed by atoms with Gasteiger partial charge in [0.25, 0.3) is 0 Å². The molecule has 2 N–H and O–H groups in total. The maximum absolute atomic E-state index is 11.9. The van der Waals surface area contributed by atoms with E-state index < -0.39 is 5.69 Å². The van der Waals surface area contributed by atoms with Gasteiger partial charge in [-0.15, -0.1) is 0 Å². The van der Waals surface area contributed by atoms with Gasteiger partial charge in [-0.2, -0.15) is 0 Å². The zero-order valence-corrected chi connectivity index (χ0v) is 16.2. The number of aromatic hydroxyl groups is 1. The van der Waals surface area contributed by atoms with E-state index in [1.54, 1.807) is 19.1 Å². The first kappa shape index (κ1) is 18.3. The number of imidazole rings is 1. The molecule has 146 valence electrons. The topological polar surface area (TPSA) is 89.4 Å². The van der Waals surface area contributed by atoms with Crippen LogP contribution in [0, 0.1) is 6.92 Å². The van der Waals surface area contributed by atoms with Crippen LogP contribution in [0.1, 0.15) is 43.5 Å². The number of hydrogen-bond donors (Lipinski definition) is 2. The monoisotopic (exact) mass is 381 g/mol. The maximum Gasteiger partial charge on any atom is 0.333 e. The van der Waals surface area contributed by atoms with Crippen molar-refractivity contribution in [1.82, 2.24) is 14.5 Å². The summed E-state index contributed by atoms with van der Waals surface area (Å²) in [6.07, 6.45) is 3.30. The summed E-state index contributed by atoms with van der Waals surface area (Å²) in [6, 6.07) is 9.31. The first-order chi connectivity index (χ1) is 13.5. The average Bonchev–Trinajstić information content (AvgIpc) is 3.19. The normalized spacial score (nSPS) is 14.8. The first-order valence-corrected chi connectivity index (χ1v) is 9.39. The summed E-state index contributed by atoms with van der Waals surface area (Å²) in [5.74, 6) is 0.962. The van der Waals surface area contributed by atoms with Crippen molar-refractivity contribution in [3.8, 4) is 23.2 Å². The third-order valence-corrected chi connectivity index (χ3v) is 5.46. The molecule has 3 heterocycles. The third kappa shape index (κ3) is 2.88. The third-order valence-electron chi connectivity index (χ3n) is 5.46. The van der Waals surface area contributed by atoms with Gasteiger partial charge in [0.05, 0.1) is 29.8 Å². The average molecular weight is 381 g/mol. The van der Waals surface area contributed by atoms with Crippen LogP contribution in [0.5, 0.6) is 17.5 Å². The molecule has 0 fully saturated rings. The van der Waals surface area contributed by atoms with Gasteiger partial charge in [-0.1, -0.05) is 19.9 Å². The summed E-state index contributed by atoms with van der Waals surface area (Å²) >= 11 is 0. The molecule has 7 nitrogen and oxygen atoms in total. The summed E-state index contributed by atoms with van der Waals surface area (Å²) in [6.45, 7) is 6.51. The van der Waals surface area contributed by atoms with Crippen molar-refractivity contribution in [3.63, 3.8) is 0 Å². The van der Waals surface area contributed by atoms with Crippen LogP contribution in [0.4, 0.5) is 0 Å². The number of benzene rings is 1. The number of aryl methyl sites for hydroxylation is 1. The van der Waals surface area contributed by atoms with Crippen LogP contribution < -0.4 is 10.4 Å². The highest BCUT2D eigenvalue weighted by Crippen LogP contribution is 2.43. The van der Waals surface area contributed by atoms with Crippen LogP contribution in [-0.4, -0.2) is 19.6 Å². The number of nitrogens with zero attached hydrogens (tertiary/aromatic N) is 2. The lowest BCUT2D eigenvalue weighted by atomic mass is 9.87. The van der Waals surface area contributed by atoms with Gasteiger partial charge in [-0.25, -0.2) is 14.3 Å². The predicted molar refractivity (Wildman–Crippen MR) is 104 cm³/mol. The van der Waals surface area contributed by atoms with Crippen molar-refractivity contribution in [2.45, 2.75) is 45.8 Å². The second-order valence-corrected chi connectivity index (χ2v) is 6.98. The Morgan fingerprint density at radius 2 is 2.07 bits per heavy atom. The fraction of sp³-hybridized carbons (Fsp3) is 0.333. The molecule has 0 bridgehead atoms. The zero-order valence-electron chi connectivity index (χ0n) is 16.2. The van der Waals surface area contributed by atoms with Crippen LogP contribution in [0.2, 0.25) is 0 Å². The summed E-state index contributed by atoms with van der Waals surface area (Å²) in [5.41, 5.74) is 2.55. The lowest BCUT2D eigenvalue weighted by Crippen LogP contribution is -2.22. The standard InChI is InChI=1S/C21H23N3O4/c1-4-21(5-2)17-10-16(8-6-14(17)12-27-21)28-18-9-7-15(11-22-18)24-19(25)13(3)23-20(24)26/h6-11,25H,4-5,12H2,1-3H3,(H,23,26). The molecule has 3 aromatic rings. The Hall–Kier alpha value is -3.06. The molecule has 0 atom stereocenters. The lowest BCUT2D eigenvalue weighted by molar-refractivity contribution is -0.0440. The van der Waals surface area contributed by atoms with Gasteiger partial charge in [-0.05, 0) is 49.1 Å². The maximum atomic E-state index is 11.9. The molecule has 0 saturated carbocycles. The number of hydrogen-bond acceptors (Lipinski definition) is 5. The molecule has 2 aromatic heterocycles. The van der Waals surface area contributed by atoms with Gasteiger partial charge in [-0.3, -0.25) is 0 Å². The smallest absolute Gasteiger partial charge is 0.333 e. The molecule has 4 rings (SSSR count). The molecule has 7 heteroatoms. The summed E-state index contributed by atoms with van der Waals surface area (Å²) in [4.78, 5) is 18.8. The Kier molecular flexibility index (Phi) is 4.47. The van der Waals surface area contributed by atoms with E-state index in [1.165, 1.54) is 17.3 Å². The molecule has 1 aliphatic heterocycles. The van der Waals surface area contributed by atoms with E-state index in [0.717, 1.165) is 17.4 Å². The second kappa shape index (κ2) is 6.83. The van der Waals surface area contributed by atoms with Gasteiger partial charge in [0.2, 0.25) is 11.8 Å². The van der Waals surface area contributed by atoms with Crippen LogP contribution in [0.3, 0.4) is 0 Å². The molecule has 0 amide bonds. The second-order valence-electron chi connectivity index (χ2n) is 6.98. The van der Waals surface area contributed by atoms with Gasteiger partial charge in [0.15, 0.2) is 0 Å². The number of fused-ring (bicyclic) bond motifs is 1. The van der Waals surface area contributed by atoms with Crippen LogP contribution >= 0.6 is 0 Å². The molecule has 0 aliphatic carbocycles. The van der Waals surface area contributed by atoms with Crippen LogP contribution in [-0.2, 0) is 16.9 Å². The minimum Gasteiger partial charge on any atom is -0.493 e. The van der Waals surface area contributed by atoms with Crippen molar-refractivity contribution in [3.05, 3.63) is 63.8 Å². The van der Waals surface area contributed by atoms with Crippen molar-refractivity contribution < 1.29 is 14.6 Å². The van der Waals surface area contributed by atoms with Gasteiger partial charge >= 0.3 is 5.69 Å². The van der Waals surface area contributed by atoms with Gasteiger partial charge in [0.1, 0.15) is 5.75 Å². The number of pyridine rings is 1. The molecular weight excluding hydrogens is 358 g/mol. The highest BCUT2D eigenvalue weighted by atomic mass is 16.5. The van der Waals surface area contributed by atoms with E-state index >= 15 is 0 Å². The minimum absolute atomic E-state index is 0.130. The number of rotatable bonds is 5. The summed E-state index contributed by atoms with van der Waals surface area (Å²) < 4.78 is 13.2. The summed E-state index contributed by atoms with van der Waals surface area (Å²) in [7, 11) is 0. The first-order valence-electron chi connectivity index (χ1n) is 9.39. The molecule has 0 radical (unpaired) electrons. The van der Waals surface area contributed by atoms with Crippen molar-refractivity contribution in [2.24, 2.45) is 0 Å². The number of nitrogens with one attached hydrogen (secondary N) is 1. The van der Waals surface area contributed by atoms with E-state index in [1.807, 2.05) is 18.2 Å². The van der Waals surface area contributed by atoms with Crippen molar-refractivity contribution >= 4 is 0 Å². The van der Waals surface area contributed by atoms with E-state index in [-0.39, 0.29) is 11.5 Å². The SMILES string of the molecule is CCC1(CC)OCc2ccc(Oc3ccc(-n4c(O)c(C)[nH]c4=O)cn3)cc21. The van der Waals surface area contributed by atoms with Crippen LogP contribution in [0.15, 0.2) is 41.3 Å². The highest BCUT2D eigenvalue weighted by molar-refractivity contribution is 5.43. The van der Waals surface area contributed by atoms with Gasteiger partial charge < -0.3 is 19.6 Å². The Morgan fingerprint density at radius 1 is 1.29 bits per heavy atom. The number of aromatic amines is 1.